The lowest BCUT2D eigenvalue weighted by Gasteiger charge is -2.21. The van der Waals surface area contributed by atoms with Gasteiger partial charge in [-0.3, -0.25) is 0 Å². The van der Waals surface area contributed by atoms with E-state index in [1.54, 1.807) is 0 Å². The highest BCUT2D eigenvalue weighted by Crippen LogP contribution is 2.23. The van der Waals surface area contributed by atoms with Crippen LogP contribution in [-0.4, -0.2) is 12.2 Å². The van der Waals surface area contributed by atoms with Crippen LogP contribution in [0, 0.1) is 0 Å². The first kappa shape index (κ1) is 14.9. The number of benzene rings is 2. The predicted molar refractivity (Wildman–Crippen MR) is 85.3 cm³/mol. The van der Waals surface area contributed by atoms with Crippen molar-refractivity contribution in [2.75, 3.05) is 11.9 Å². The Morgan fingerprint density at radius 3 is 2.35 bits per heavy atom. The van der Waals surface area contributed by atoms with Crippen LogP contribution in [0.15, 0.2) is 48.5 Å². The SMILES string of the molecule is CC[C@@H](O)c1ccc(N(C)Cc2ccccc2Cl)cc1. The summed E-state index contributed by atoms with van der Waals surface area (Å²) in [6.07, 6.45) is 0.354. The van der Waals surface area contributed by atoms with E-state index in [-0.39, 0.29) is 6.10 Å². The molecule has 1 atom stereocenters. The molecule has 0 saturated heterocycles. The van der Waals surface area contributed by atoms with Gasteiger partial charge in [0.2, 0.25) is 0 Å². The lowest BCUT2D eigenvalue weighted by molar-refractivity contribution is 0.173. The Bertz CT molecular complexity index is 553. The molecule has 0 aliphatic carbocycles. The summed E-state index contributed by atoms with van der Waals surface area (Å²) in [7, 11) is 2.04. The van der Waals surface area contributed by atoms with E-state index in [1.807, 2.05) is 62.5 Å². The fraction of sp³-hybridized carbons (Fsp3) is 0.294. The minimum atomic E-state index is -0.377. The Balaban J connectivity index is 2.10. The zero-order chi connectivity index (χ0) is 14.5. The van der Waals surface area contributed by atoms with Crippen molar-refractivity contribution in [3.63, 3.8) is 0 Å². The van der Waals surface area contributed by atoms with Crippen molar-refractivity contribution in [1.29, 1.82) is 0 Å². The van der Waals surface area contributed by atoms with Gasteiger partial charge in [0.25, 0.3) is 0 Å². The average molecular weight is 290 g/mol. The number of aliphatic hydroxyl groups is 1. The summed E-state index contributed by atoms with van der Waals surface area (Å²) >= 11 is 6.18. The molecule has 20 heavy (non-hydrogen) atoms. The molecule has 0 spiro atoms. The topological polar surface area (TPSA) is 23.5 Å². The van der Waals surface area contributed by atoms with Gasteiger partial charge in [0.15, 0.2) is 0 Å². The Labute approximate surface area is 125 Å². The van der Waals surface area contributed by atoms with Crippen LogP contribution in [-0.2, 0) is 6.54 Å². The fourth-order valence-electron chi connectivity index (χ4n) is 2.16. The van der Waals surface area contributed by atoms with Gasteiger partial charge < -0.3 is 10.0 Å². The van der Waals surface area contributed by atoms with Crippen LogP contribution >= 0.6 is 11.6 Å². The molecule has 0 aromatic heterocycles. The molecule has 0 unspecified atom stereocenters. The highest BCUT2D eigenvalue weighted by Gasteiger charge is 2.07. The first-order chi connectivity index (χ1) is 9.61. The lowest BCUT2D eigenvalue weighted by atomic mass is 10.1. The van der Waals surface area contributed by atoms with Crippen molar-refractivity contribution < 1.29 is 5.11 Å². The van der Waals surface area contributed by atoms with Crippen LogP contribution in [0.4, 0.5) is 5.69 Å². The summed E-state index contributed by atoms with van der Waals surface area (Å²) < 4.78 is 0. The van der Waals surface area contributed by atoms with Gasteiger partial charge in [-0.25, -0.2) is 0 Å². The fourth-order valence-corrected chi connectivity index (χ4v) is 2.36. The van der Waals surface area contributed by atoms with Crippen molar-refractivity contribution in [1.82, 2.24) is 0 Å². The second kappa shape index (κ2) is 6.78. The molecule has 2 rings (SSSR count). The van der Waals surface area contributed by atoms with E-state index in [4.69, 9.17) is 11.6 Å². The average Bonchev–Trinajstić information content (AvgIpc) is 2.49. The van der Waals surface area contributed by atoms with Gasteiger partial charge in [-0.1, -0.05) is 48.9 Å². The van der Waals surface area contributed by atoms with Crippen molar-refractivity contribution in [2.45, 2.75) is 26.0 Å². The van der Waals surface area contributed by atoms with E-state index in [2.05, 4.69) is 4.90 Å². The van der Waals surface area contributed by atoms with Gasteiger partial charge in [-0.05, 0) is 35.7 Å². The molecule has 2 aromatic rings. The Hall–Kier alpha value is -1.51. The van der Waals surface area contributed by atoms with Crippen molar-refractivity contribution in [2.24, 2.45) is 0 Å². The van der Waals surface area contributed by atoms with Crippen molar-refractivity contribution in [3.8, 4) is 0 Å². The summed E-state index contributed by atoms with van der Waals surface area (Å²) in [4.78, 5) is 2.14. The van der Waals surface area contributed by atoms with Gasteiger partial charge in [0.1, 0.15) is 0 Å². The summed E-state index contributed by atoms with van der Waals surface area (Å²) in [5, 5.41) is 10.6. The van der Waals surface area contributed by atoms with E-state index >= 15 is 0 Å². The summed E-state index contributed by atoms with van der Waals surface area (Å²) in [5.74, 6) is 0. The third kappa shape index (κ3) is 3.53. The molecule has 0 aliphatic rings. The van der Waals surface area contributed by atoms with E-state index in [9.17, 15) is 5.11 Å². The third-order valence-corrected chi connectivity index (χ3v) is 3.84. The molecular weight excluding hydrogens is 270 g/mol. The van der Waals surface area contributed by atoms with Crippen LogP contribution in [0.25, 0.3) is 0 Å². The third-order valence-electron chi connectivity index (χ3n) is 3.47. The normalized spacial score (nSPS) is 12.2. The predicted octanol–water partition coefficient (Wildman–Crippen LogP) is 4.42. The van der Waals surface area contributed by atoms with Crippen molar-refractivity contribution in [3.05, 3.63) is 64.7 Å². The molecular formula is C17H20ClNO. The number of aliphatic hydroxyl groups excluding tert-OH is 1. The maximum absolute atomic E-state index is 9.80. The molecule has 2 nitrogen and oxygen atoms in total. The zero-order valence-electron chi connectivity index (χ0n) is 11.9. The molecule has 3 heteroatoms. The molecule has 0 aliphatic heterocycles. The highest BCUT2D eigenvalue weighted by atomic mass is 35.5. The Kier molecular flexibility index (Phi) is 5.05. The van der Waals surface area contributed by atoms with E-state index < -0.39 is 0 Å². The van der Waals surface area contributed by atoms with Gasteiger partial charge in [-0.2, -0.15) is 0 Å². The van der Waals surface area contributed by atoms with Gasteiger partial charge in [-0.15, -0.1) is 0 Å². The monoisotopic (exact) mass is 289 g/mol. The van der Waals surface area contributed by atoms with Gasteiger partial charge in [0, 0.05) is 24.3 Å². The van der Waals surface area contributed by atoms with Crippen LogP contribution < -0.4 is 4.90 Å². The largest absolute Gasteiger partial charge is 0.388 e. The standard InChI is InChI=1S/C17H20ClNO/c1-3-17(20)13-8-10-15(11-9-13)19(2)12-14-6-4-5-7-16(14)18/h4-11,17,20H,3,12H2,1-2H3/t17-/m1/s1. The van der Waals surface area contributed by atoms with E-state index in [1.165, 1.54) is 0 Å². The molecule has 0 bridgehead atoms. The molecule has 106 valence electrons. The first-order valence-electron chi connectivity index (χ1n) is 6.84. The van der Waals surface area contributed by atoms with Gasteiger partial charge in [0.05, 0.1) is 6.10 Å². The Morgan fingerprint density at radius 2 is 1.75 bits per heavy atom. The molecule has 0 amide bonds. The molecule has 0 saturated carbocycles. The first-order valence-corrected chi connectivity index (χ1v) is 7.22. The van der Waals surface area contributed by atoms with Crippen LogP contribution in [0.5, 0.6) is 0 Å². The van der Waals surface area contributed by atoms with Crippen molar-refractivity contribution >= 4 is 17.3 Å². The number of anilines is 1. The van der Waals surface area contributed by atoms with Crippen LogP contribution in [0.1, 0.15) is 30.6 Å². The van der Waals surface area contributed by atoms with Crippen LogP contribution in [0.2, 0.25) is 5.02 Å². The second-order valence-corrected chi connectivity index (χ2v) is 5.37. The number of rotatable bonds is 5. The summed E-state index contributed by atoms with van der Waals surface area (Å²) in [6.45, 7) is 2.73. The number of hydrogen-bond acceptors (Lipinski definition) is 2. The second-order valence-electron chi connectivity index (χ2n) is 4.96. The molecule has 2 aromatic carbocycles. The maximum atomic E-state index is 9.80. The van der Waals surface area contributed by atoms with Gasteiger partial charge >= 0.3 is 0 Å². The molecule has 1 N–H and O–H groups in total. The van der Waals surface area contributed by atoms with Crippen LogP contribution in [0.3, 0.4) is 0 Å². The number of hydrogen-bond donors (Lipinski definition) is 1. The number of nitrogens with zero attached hydrogens (tertiary/aromatic N) is 1. The van der Waals surface area contributed by atoms with E-state index in [0.29, 0.717) is 0 Å². The summed E-state index contributed by atoms with van der Waals surface area (Å²) in [5.41, 5.74) is 3.17. The molecule has 0 radical (unpaired) electrons. The summed E-state index contributed by atoms with van der Waals surface area (Å²) in [6, 6.07) is 15.9. The molecule has 0 fully saturated rings. The zero-order valence-corrected chi connectivity index (χ0v) is 12.6. The smallest absolute Gasteiger partial charge is 0.0787 e. The minimum absolute atomic E-state index is 0.377. The maximum Gasteiger partial charge on any atom is 0.0787 e. The minimum Gasteiger partial charge on any atom is -0.388 e. The molecule has 0 heterocycles. The number of halogens is 1. The lowest BCUT2D eigenvalue weighted by Crippen LogP contribution is -2.16. The van der Waals surface area contributed by atoms with E-state index in [0.717, 1.165) is 34.8 Å². The Morgan fingerprint density at radius 1 is 1.10 bits per heavy atom. The quantitative estimate of drug-likeness (QED) is 0.881. The highest BCUT2D eigenvalue weighted by molar-refractivity contribution is 6.31.